The first kappa shape index (κ1) is 13.9. The van der Waals surface area contributed by atoms with Gasteiger partial charge in [0, 0.05) is 5.56 Å². The van der Waals surface area contributed by atoms with Crippen LogP contribution in [0, 0.1) is 0 Å². The summed E-state index contributed by atoms with van der Waals surface area (Å²) < 4.78 is 5.63. The molecule has 2 unspecified atom stereocenters. The summed E-state index contributed by atoms with van der Waals surface area (Å²) in [4.78, 5) is 11.9. The summed E-state index contributed by atoms with van der Waals surface area (Å²) in [6.07, 6.45) is 1.21. The van der Waals surface area contributed by atoms with E-state index < -0.39 is 0 Å². The van der Waals surface area contributed by atoms with Crippen LogP contribution >= 0.6 is 0 Å². The quantitative estimate of drug-likeness (QED) is 0.779. The van der Waals surface area contributed by atoms with E-state index in [1.807, 2.05) is 30.3 Å². The molecule has 0 radical (unpaired) electrons. The first-order valence-corrected chi connectivity index (χ1v) is 7.56. The fourth-order valence-electron chi connectivity index (χ4n) is 2.83. The maximum absolute atomic E-state index is 11.9. The minimum atomic E-state index is -0.272. The predicted molar refractivity (Wildman–Crippen MR) is 83.2 cm³/mol. The van der Waals surface area contributed by atoms with Crippen LogP contribution in [0.1, 0.15) is 54.5 Å². The maximum atomic E-state index is 11.9. The number of carbonyl (C=O) groups is 1. The van der Waals surface area contributed by atoms with Crippen LogP contribution in [-0.4, -0.2) is 5.97 Å². The zero-order valence-electron chi connectivity index (χ0n) is 12.5. The van der Waals surface area contributed by atoms with Crippen molar-refractivity contribution >= 4 is 5.97 Å². The summed E-state index contributed by atoms with van der Waals surface area (Å²) in [5.74, 6) is 0.372. The third-order valence-electron chi connectivity index (χ3n) is 4.32. The van der Waals surface area contributed by atoms with Gasteiger partial charge in [-0.1, -0.05) is 62.4 Å². The Labute approximate surface area is 125 Å². The molecule has 2 heteroatoms. The highest BCUT2D eigenvalue weighted by Gasteiger charge is 2.28. The van der Waals surface area contributed by atoms with E-state index in [1.165, 1.54) is 5.56 Å². The van der Waals surface area contributed by atoms with Crippen LogP contribution in [0.15, 0.2) is 48.5 Å². The maximum Gasteiger partial charge on any atom is 0.311 e. The average Bonchev–Trinajstić information content (AvgIpc) is 2.53. The molecular weight excluding hydrogens is 260 g/mol. The Morgan fingerprint density at radius 3 is 2.67 bits per heavy atom. The molecule has 2 aromatic rings. The molecule has 0 saturated heterocycles. The molecule has 0 spiro atoms. The van der Waals surface area contributed by atoms with Crippen molar-refractivity contribution in [3.05, 3.63) is 70.8 Å². The zero-order chi connectivity index (χ0) is 14.8. The minimum absolute atomic E-state index is 0.146. The van der Waals surface area contributed by atoms with E-state index in [0.717, 1.165) is 23.1 Å². The van der Waals surface area contributed by atoms with Gasteiger partial charge in [-0.25, -0.2) is 0 Å². The van der Waals surface area contributed by atoms with Gasteiger partial charge in [-0.3, -0.25) is 4.79 Å². The van der Waals surface area contributed by atoms with Crippen LogP contribution in [-0.2, 0) is 16.0 Å². The third-order valence-corrected chi connectivity index (χ3v) is 4.32. The number of ether oxygens (including phenoxy) is 1. The van der Waals surface area contributed by atoms with Crippen molar-refractivity contribution in [2.45, 2.75) is 38.7 Å². The van der Waals surface area contributed by atoms with Gasteiger partial charge < -0.3 is 4.74 Å². The summed E-state index contributed by atoms with van der Waals surface area (Å²) in [6.45, 7) is 4.42. The van der Waals surface area contributed by atoms with Crippen molar-refractivity contribution in [3.63, 3.8) is 0 Å². The fraction of sp³-hybridized carbons (Fsp3) is 0.316. The van der Waals surface area contributed by atoms with E-state index in [2.05, 4.69) is 32.0 Å². The van der Waals surface area contributed by atoms with Crippen LogP contribution in [0.4, 0.5) is 0 Å². The van der Waals surface area contributed by atoms with Gasteiger partial charge in [-0.2, -0.15) is 0 Å². The van der Waals surface area contributed by atoms with Gasteiger partial charge in [0.1, 0.15) is 0 Å². The number of cyclic esters (lactones) is 1. The number of esters is 1. The number of fused-ring (bicyclic) bond motifs is 1. The number of rotatable bonds is 3. The Balaban J connectivity index is 2.07. The molecule has 0 aromatic heterocycles. The Kier molecular flexibility index (Phi) is 3.78. The smallest absolute Gasteiger partial charge is 0.311 e. The van der Waals surface area contributed by atoms with Gasteiger partial charge in [0.2, 0.25) is 0 Å². The molecule has 0 saturated carbocycles. The number of carbonyl (C=O) groups excluding carboxylic acids is 1. The molecule has 1 heterocycles. The van der Waals surface area contributed by atoms with Crippen LogP contribution < -0.4 is 0 Å². The molecule has 2 nitrogen and oxygen atoms in total. The van der Waals surface area contributed by atoms with Crippen LogP contribution in [0.2, 0.25) is 0 Å². The molecule has 108 valence electrons. The van der Waals surface area contributed by atoms with E-state index in [4.69, 9.17) is 4.74 Å². The van der Waals surface area contributed by atoms with Crippen LogP contribution in [0.5, 0.6) is 0 Å². The topological polar surface area (TPSA) is 26.3 Å². The highest BCUT2D eigenvalue weighted by atomic mass is 16.5. The molecule has 0 N–H and O–H groups in total. The highest BCUT2D eigenvalue weighted by Crippen LogP contribution is 2.35. The Bertz CT molecular complexity index is 646. The second-order valence-electron chi connectivity index (χ2n) is 5.72. The molecule has 1 aliphatic heterocycles. The van der Waals surface area contributed by atoms with E-state index in [-0.39, 0.29) is 12.1 Å². The largest absolute Gasteiger partial charge is 0.452 e. The molecule has 0 amide bonds. The van der Waals surface area contributed by atoms with Crippen molar-refractivity contribution in [1.29, 1.82) is 0 Å². The Morgan fingerprint density at radius 1 is 1.19 bits per heavy atom. The second-order valence-corrected chi connectivity index (χ2v) is 5.72. The van der Waals surface area contributed by atoms with Crippen molar-refractivity contribution < 1.29 is 9.53 Å². The SMILES string of the molecule is CCC(C)c1ccc2c(c1)C(c1ccccc1)OC(=O)C2. The molecule has 1 aliphatic rings. The minimum Gasteiger partial charge on any atom is -0.452 e. The van der Waals surface area contributed by atoms with Gasteiger partial charge in [-0.15, -0.1) is 0 Å². The lowest BCUT2D eigenvalue weighted by Gasteiger charge is -2.27. The number of benzene rings is 2. The molecule has 2 atom stereocenters. The molecule has 0 bridgehead atoms. The normalized spacial score (nSPS) is 18.8. The van der Waals surface area contributed by atoms with Crippen LogP contribution in [0.3, 0.4) is 0 Å². The third kappa shape index (κ3) is 2.71. The number of hydrogen-bond acceptors (Lipinski definition) is 2. The monoisotopic (exact) mass is 280 g/mol. The summed E-state index contributed by atoms with van der Waals surface area (Å²) in [6, 6.07) is 16.4. The summed E-state index contributed by atoms with van der Waals surface area (Å²) >= 11 is 0. The molecule has 0 aliphatic carbocycles. The molecule has 3 rings (SSSR count). The van der Waals surface area contributed by atoms with Gasteiger partial charge >= 0.3 is 5.97 Å². The molecule has 2 aromatic carbocycles. The van der Waals surface area contributed by atoms with Gasteiger partial charge in [0.25, 0.3) is 0 Å². The first-order valence-electron chi connectivity index (χ1n) is 7.56. The van der Waals surface area contributed by atoms with E-state index in [9.17, 15) is 4.79 Å². The van der Waals surface area contributed by atoms with Crippen LogP contribution in [0.25, 0.3) is 0 Å². The van der Waals surface area contributed by atoms with E-state index in [1.54, 1.807) is 0 Å². The van der Waals surface area contributed by atoms with Crippen molar-refractivity contribution in [1.82, 2.24) is 0 Å². The second kappa shape index (κ2) is 5.72. The van der Waals surface area contributed by atoms with Gasteiger partial charge in [0.15, 0.2) is 6.10 Å². The zero-order valence-corrected chi connectivity index (χ0v) is 12.5. The lowest BCUT2D eigenvalue weighted by atomic mass is 9.88. The average molecular weight is 280 g/mol. The highest BCUT2D eigenvalue weighted by molar-refractivity contribution is 5.76. The van der Waals surface area contributed by atoms with Gasteiger partial charge in [0.05, 0.1) is 6.42 Å². The molecule has 0 fully saturated rings. The summed E-state index contributed by atoms with van der Waals surface area (Å²) in [5, 5.41) is 0. The van der Waals surface area contributed by atoms with Crippen molar-refractivity contribution in [3.8, 4) is 0 Å². The Morgan fingerprint density at radius 2 is 1.95 bits per heavy atom. The fourth-order valence-corrected chi connectivity index (χ4v) is 2.83. The van der Waals surface area contributed by atoms with E-state index >= 15 is 0 Å². The Hall–Kier alpha value is -2.09. The summed E-state index contributed by atoms with van der Waals surface area (Å²) in [7, 11) is 0. The molecular formula is C19H20O2. The predicted octanol–water partition coefficient (Wildman–Crippen LogP) is 4.39. The number of hydrogen-bond donors (Lipinski definition) is 0. The lowest BCUT2D eigenvalue weighted by Crippen LogP contribution is -2.22. The first-order chi connectivity index (χ1) is 10.2. The molecule has 21 heavy (non-hydrogen) atoms. The van der Waals surface area contributed by atoms with Crippen molar-refractivity contribution in [2.24, 2.45) is 0 Å². The standard InChI is InChI=1S/C19H20O2/c1-3-13(2)15-9-10-16-12-18(20)21-19(17(16)11-15)14-7-5-4-6-8-14/h4-11,13,19H,3,12H2,1-2H3. The lowest BCUT2D eigenvalue weighted by molar-refractivity contribution is -0.148. The van der Waals surface area contributed by atoms with Crippen molar-refractivity contribution in [2.75, 3.05) is 0 Å². The summed E-state index contributed by atoms with van der Waals surface area (Å²) in [5.41, 5.74) is 4.58. The van der Waals surface area contributed by atoms with E-state index in [0.29, 0.717) is 12.3 Å². The van der Waals surface area contributed by atoms with Gasteiger partial charge in [-0.05, 0) is 29.0 Å².